The normalized spacial score (nSPS) is 17.3. The molecule has 3 heteroatoms. The number of nitrogens with zero attached hydrogens (tertiary/aromatic N) is 2. The number of hydrogen-bond donors (Lipinski definition) is 0. The van der Waals surface area contributed by atoms with Gasteiger partial charge >= 0.3 is 0 Å². The number of piperazine rings is 1. The molecular weight excluding hydrogens is 248 g/mol. The van der Waals surface area contributed by atoms with Gasteiger partial charge in [-0.25, -0.2) is 0 Å². The Balaban J connectivity index is 1.94. The van der Waals surface area contributed by atoms with Crippen LogP contribution in [0, 0.1) is 0 Å². The highest BCUT2D eigenvalue weighted by atomic mass is 16.2. The number of likely N-dealkylation sites (N-methyl/N-ethyl adjacent to an activating group) is 1. The van der Waals surface area contributed by atoms with E-state index in [0.717, 1.165) is 31.7 Å². The fourth-order valence-corrected chi connectivity index (χ4v) is 2.46. The second-order valence-electron chi connectivity index (χ2n) is 6.81. The van der Waals surface area contributed by atoms with Crippen LogP contribution in [0.4, 0.5) is 0 Å². The van der Waals surface area contributed by atoms with E-state index >= 15 is 0 Å². The first-order valence-corrected chi connectivity index (χ1v) is 7.42. The molecule has 1 aliphatic heterocycles. The molecule has 0 unspecified atom stereocenters. The largest absolute Gasteiger partial charge is 0.340 e. The predicted molar refractivity (Wildman–Crippen MR) is 82.9 cm³/mol. The molecule has 0 radical (unpaired) electrons. The molecule has 1 aliphatic rings. The van der Waals surface area contributed by atoms with Gasteiger partial charge in [-0.3, -0.25) is 4.79 Å². The van der Waals surface area contributed by atoms with Crippen LogP contribution >= 0.6 is 0 Å². The molecule has 20 heavy (non-hydrogen) atoms. The summed E-state index contributed by atoms with van der Waals surface area (Å²) in [5.41, 5.74) is 2.59. The van der Waals surface area contributed by atoms with Gasteiger partial charge in [-0.15, -0.1) is 0 Å². The number of benzene rings is 1. The smallest absolute Gasteiger partial charge is 0.227 e. The summed E-state index contributed by atoms with van der Waals surface area (Å²) in [5.74, 6) is 0.251. The molecule has 0 N–H and O–H groups in total. The fourth-order valence-electron chi connectivity index (χ4n) is 2.46. The van der Waals surface area contributed by atoms with Gasteiger partial charge in [-0.1, -0.05) is 45.0 Å². The fraction of sp³-hybridized carbons (Fsp3) is 0.588. The van der Waals surface area contributed by atoms with Gasteiger partial charge in [0.1, 0.15) is 0 Å². The Morgan fingerprint density at radius 1 is 1.05 bits per heavy atom. The van der Waals surface area contributed by atoms with Gasteiger partial charge < -0.3 is 9.80 Å². The maximum absolute atomic E-state index is 12.3. The van der Waals surface area contributed by atoms with Gasteiger partial charge in [0.05, 0.1) is 6.42 Å². The average molecular weight is 274 g/mol. The highest BCUT2D eigenvalue weighted by Crippen LogP contribution is 2.22. The molecule has 2 rings (SSSR count). The zero-order valence-corrected chi connectivity index (χ0v) is 13.1. The van der Waals surface area contributed by atoms with Crippen LogP contribution in [0.3, 0.4) is 0 Å². The number of rotatable bonds is 2. The van der Waals surface area contributed by atoms with Gasteiger partial charge in [-0.05, 0) is 23.6 Å². The molecule has 1 aromatic rings. The molecule has 0 atom stereocenters. The standard InChI is InChI=1S/C17H26N2O/c1-17(2,3)15-7-5-14(6-8-15)13-16(20)19-11-9-18(4)10-12-19/h5-8H,9-13H2,1-4H3. The maximum atomic E-state index is 12.3. The molecule has 3 nitrogen and oxygen atoms in total. The van der Waals surface area contributed by atoms with Crippen LogP contribution in [-0.4, -0.2) is 48.9 Å². The zero-order chi connectivity index (χ0) is 14.8. The highest BCUT2D eigenvalue weighted by molar-refractivity contribution is 5.78. The topological polar surface area (TPSA) is 23.6 Å². The molecule has 1 saturated heterocycles. The van der Waals surface area contributed by atoms with Crippen molar-refractivity contribution in [3.8, 4) is 0 Å². The lowest BCUT2D eigenvalue weighted by molar-refractivity contribution is -0.132. The Bertz CT molecular complexity index is 451. The summed E-state index contributed by atoms with van der Waals surface area (Å²) in [6.07, 6.45) is 0.522. The predicted octanol–water partition coefficient (Wildman–Crippen LogP) is 2.30. The van der Waals surface area contributed by atoms with Crippen molar-refractivity contribution in [1.29, 1.82) is 0 Å². The third kappa shape index (κ3) is 3.83. The Labute approximate surface area is 122 Å². The maximum Gasteiger partial charge on any atom is 0.227 e. The summed E-state index contributed by atoms with van der Waals surface area (Å²) in [6, 6.07) is 8.47. The Morgan fingerprint density at radius 3 is 2.10 bits per heavy atom. The van der Waals surface area contributed by atoms with Gasteiger partial charge in [0.2, 0.25) is 5.91 Å². The molecule has 0 saturated carbocycles. The lowest BCUT2D eigenvalue weighted by atomic mass is 9.86. The molecular formula is C17H26N2O. The monoisotopic (exact) mass is 274 g/mol. The summed E-state index contributed by atoms with van der Waals surface area (Å²) in [6.45, 7) is 10.3. The van der Waals surface area contributed by atoms with E-state index in [1.54, 1.807) is 0 Å². The van der Waals surface area contributed by atoms with Gasteiger partial charge in [0, 0.05) is 26.2 Å². The Hall–Kier alpha value is -1.35. The lowest BCUT2D eigenvalue weighted by Gasteiger charge is -2.32. The quantitative estimate of drug-likeness (QED) is 0.826. The first-order valence-electron chi connectivity index (χ1n) is 7.42. The molecule has 1 heterocycles. The molecule has 0 aromatic heterocycles. The molecule has 1 amide bonds. The van der Waals surface area contributed by atoms with Gasteiger partial charge in [0.25, 0.3) is 0 Å². The van der Waals surface area contributed by atoms with Crippen molar-refractivity contribution in [2.24, 2.45) is 0 Å². The Morgan fingerprint density at radius 2 is 1.60 bits per heavy atom. The van der Waals surface area contributed by atoms with E-state index in [4.69, 9.17) is 0 Å². The third-order valence-corrected chi connectivity index (χ3v) is 4.03. The number of hydrogen-bond acceptors (Lipinski definition) is 2. The third-order valence-electron chi connectivity index (χ3n) is 4.03. The van der Waals surface area contributed by atoms with E-state index in [1.807, 2.05) is 4.90 Å². The number of carbonyl (C=O) groups is 1. The first-order chi connectivity index (χ1) is 9.36. The van der Waals surface area contributed by atoms with Crippen molar-refractivity contribution in [3.05, 3.63) is 35.4 Å². The lowest BCUT2D eigenvalue weighted by Crippen LogP contribution is -2.47. The minimum Gasteiger partial charge on any atom is -0.340 e. The number of carbonyl (C=O) groups excluding carboxylic acids is 1. The van der Waals surface area contributed by atoms with E-state index < -0.39 is 0 Å². The van der Waals surface area contributed by atoms with E-state index in [9.17, 15) is 4.79 Å². The van der Waals surface area contributed by atoms with E-state index in [2.05, 4.69) is 57.0 Å². The molecule has 0 spiro atoms. The van der Waals surface area contributed by atoms with Gasteiger partial charge in [-0.2, -0.15) is 0 Å². The summed E-state index contributed by atoms with van der Waals surface area (Å²) >= 11 is 0. The minimum absolute atomic E-state index is 0.167. The Kier molecular flexibility index (Phi) is 4.48. The second kappa shape index (κ2) is 5.96. The zero-order valence-electron chi connectivity index (χ0n) is 13.1. The molecule has 0 aliphatic carbocycles. The summed E-state index contributed by atoms with van der Waals surface area (Å²) < 4.78 is 0. The minimum atomic E-state index is 0.167. The average Bonchev–Trinajstić information content (AvgIpc) is 2.39. The molecule has 0 bridgehead atoms. The summed E-state index contributed by atoms with van der Waals surface area (Å²) in [7, 11) is 2.10. The number of amides is 1. The van der Waals surface area contributed by atoms with Crippen molar-refractivity contribution < 1.29 is 4.79 Å². The summed E-state index contributed by atoms with van der Waals surface area (Å²) in [4.78, 5) is 16.5. The molecule has 1 aromatic carbocycles. The van der Waals surface area contributed by atoms with E-state index in [1.165, 1.54) is 5.56 Å². The van der Waals surface area contributed by atoms with Crippen molar-refractivity contribution in [1.82, 2.24) is 9.80 Å². The summed E-state index contributed by atoms with van der Waals surface area (Å²) in [5, 5.41) is 0. The highest BCUT2D eigenvalue weighted by Gasteiger charge is 2.19. The van der Waals surface area contributed by atoms with Crippen molar-refractivity contribution in [2.45, 2.75) is 32.6 Å². The van der Waals surface area contributed by atoms with E-state index in [0.29, 0.717) is 6.42 Å². The van der Waals surface area contributed by atoms with Crippen LogP contribution in [0.15, 0.2) is 24.3 Å². The SMILES string of the molecule is CN1CCN(C(=O)Cc2ccc(C(C)(C)C)cc2)CC1. The van der Waals surface area contributed by atoms with Crippen LogP contribution in [0.25, 0.3) is 0 Å². The van der Waals surface area contributed by atoms with Crippen molar-refractivity contribution in [3.63, 3.8) is 0 Å². The van der Waals surface area contributed by atoms with Crippen molar-refractivity contribution >= 4 is 5.91 Å². The van der Waals surface area contributed by atoms with Crippen LogP contribution < -0.4 is 0 Å². The first kappa shape index (κ1) is 15.0. The van der Waals surface area contributed by atoms with Crippen LogP contribution in [0.1, 0.15) is 31.9 Å². The van der Waals surface area contributed by atoms with Crippen LogP contribution in [-0.2, 0) is 16.6 Å². The second-order valence-corrected chi connectivity index (χ2v) is 6.81. The van der Waals surface area contributed by atoms with Crippen LogP contribution in [0.2, 0.25) is 0 Å². The van der Waals surface area contributed by atoms with E-state index in [-0.39, 0.29) is 11.3 Å². The van der Waals surface area contributed by atoms with Crippen LogP contribution in [0.5, 0.6) is 0 Å². The van der Waals surface area contributed by atoms with Gasteiger partial charge in [0.15, 0.2) is 0 Å². The molecule has 1 fully saturated rings. The molecule has 110 valence electrons. The van der Waals surface area contributed by atoms with Crippen molar-refractivity contribution in [2.75, 3.05) is 33.2 Å².